The largest absolute Gasteiger partial charge is 0.392 e. The van der Waals surface area contributed by atoms with E-state index in [0.717, 1.165) is 31.5 Å². The lowest BCUT2D eigenvalue weighted by Crippen LogP contribution is -2.33. The van der Waals surface area contributed by atoms with Crippen LogP contribution in [0, 0.1) is 11.8 Å². The van der Waals surface area contributed by atoms with Crippen LogP contribution >= 0.6 is 0 Å². The molecule has 0 amide bonds. The lowest BCUT2D eigenvalue weighted by atomic mass is 9.97. The number of likely N-dealkylation sites (tertiary alicyclic amines) is 1. The van der Waals surface area contributed by atoms with Crippen LogP contribution in [0.3, 0.4) is 0 Å². The van der Waals surface area contributed by atoms with Gasteiger partial charge in [-0.3, -0.25) is 0 Å². The Bertz CT molecular complexity index is 147. The van der Waals surface area contributed by atoms with Crippen LogP contribution in [0.25, 0.3) is 0 Å². The predicted molar refractivity (Wildman–Crippen MR) is 55.7 cm³/mol. The summed E-state index contributed by atoms with van der Waals surface area (Å²) in [5.74, 6) is 1.64. The molecule has 0 aromatic carbocycles. The van der Waals surface area contributed by atoms with Crippen molar-refractivity contribution >= 4 is 0 Å². The van der Waals surface area contributed by atoms with Crippen molar-refractivity contribution in [3.63, 3.8) is 0 Å². The Morgan fingerprint density at radius 3 is 2.69 bits per heavy atom. The fraction of sp³-hybridized carbons (Fsp3) is 1.00. The SMILES string of the molecule is CC(O)CN1CCC(C)CC(C)C1. The van der Waals surface area contributed by atoms with Crippen LogP contribution in [-0.2, 0) is 0 Å². The number of aliphatic hydroxyl groups is 1. The number of β-amino-alcohol motifs (C(OH)–C–C–N with tert-alkyl or cyclic N) is 1. The fourth-order valence-electron chi connectivity index (χ4n) is 2.35. The maximum atomic E-state index is 9.31. The van der Waals surface area contributed by atoms with Gasteiger partial charge in [0.1, 0.15) is 0 Å². The van der Waals surface area contributed by atoms with Crippen LogP contribution in [0.4, 0.5) is 0 Å². The van der Waals surface area contributed by atoms with E-state index in [9.17, 15) is 5.11 Å². The number of rotatable bonds is 2. The van der Waals surface area contributed by atoms with Gasteiger partial charge in [0, 0.05) is 13.1 Å². The summed E-state index contributed by atoms with van der Waals surface area (Å²) in [5.41, 5.74) is 0. The van der Waals surface area contributed by atoms with Crippen LogP contribution < -0.4 is 0 Å². The van der Waals surface area contributed by atoms with E-state index in [2.05, 4.69) is 18.7 Å². The van der Waals surface area contributed by atoms with Gasteiger partial charge in [-0.15, -0.1) is 0 Å². The molecule has 1 fully saturated rings. The summed E-state index contributed by atoms with van der Waals surface area (Å²) in [4.78, 5) is 2.40. The molecule has 0 saturated carbocycles. The highest BCUT2D eigenvalue weighted by Crippen LogP contribution is 2.21. The fourth-order valence-corrected chi connectivity index (χ4v) is 2.35. The van der Waals surface area contributed by atoms with Crippen molar-refractivity contribution in [1.82, 2.24) is 4.90 Å². The van der Waals surface area contributed by atoms with E-state index >= 15 is 0 Å². The lowest BCUT2D eigenvalue weighted by molar-refractivity contribution is 0.122. The number of aliphatic hydroxyl groups excluding tert-OH is 1. The summed E-state index contributed by atoms with van der Waals surface area (Å²) in [6.07, 6.45) is 2.45. The van der Waals surface area contributed by atoms with Crippen LogP contribution in [0.2, 0.25) is 0 Å². The van der Waals surface area contributed by atoms with E-state index in [1.807, 2.05) is 6.92 Å². The molecule has 0 bridgehead atoms. The molecule has 1 N–H and O–H groups in total. The van der Waals surface area contributed by atoms with Gasteiger partial charge >= 0.3 is 0 Å². The minimum absolute atomic E-state index is 0.180. The molecule has 0 aliphatic carbocycles. The Morgan fingerprint density at radius 2 is 2.08 bits per heavy atom. The summed E-state index contributed by atoms with van der Waals surface area (Å²) in [7, 11) is 0. The third-order valence-electron chi connectivity index (χ3n) is 2.84. The summed E-state index contributed by atoms with van der Waals surface area (Å²) >= 11 is 0. The first kappa shape index (κ1) is 11.0. The predicted octanol–water partition coefficient (Wildman–Crippen LogP) is 1.74. The summed E-state index contributed by atoms with van der Waals surface area (Å²) in [6.45, 7) is 9.70. The second-order valence-corrected chi connectivity index (χ2v) is 4.84. The van der Waals surface area contributed by atoms with Crippen molar-refractivity contribution < 1.29 is 5.11 Å². The highest BCUT2D eigenvalue weighted by molar-refractivity contribution is 4.73. The first-order valence-electron chi connectivity index (χ1n) is 5.48. The monoisotopic (exact) mass is 185 g/mol. The van der Waals surface area contributed by atoms with E-state index < -0.39 is 0 Å². The van der Waals surface area contributed by atoms with E-state index in [4.69, 9.17) is 0 Å². The Kier molecular flexibility index (Phi) is 4.20. The summed E-state index contributed by atoms with van der Waals surface area (Å²) in [5, 5.41) is 9.31. The first-order chi connectivity index (χ1) is 6.08. The maximum absolute atomic E-state index is 9.31. The van der Waals surface area contributed by atoms with Crippen LogP contribution in [-0.4, -0.2) is 35.7 Å². The molecule has 3 atom stereocenters. The van der Waals surface area contributed by atoms with Crippen molar-refractivity contribution in [2.24, 2.45) is 11.8 Å². The molecule has 1 rings (SSSR count). The molecule has 0 aromatic heterocycles. The maximum Gasteiger partial charge on any atom is 0.0639 e. The number of hydrogen-bond donors (Lipinski definition) is 1. The Hall–Kier alpha value is -0.0800. The van der Waals surface area contributed by atoms with Crippen molar-refractivity contribution in [1.29, 1.82) is 0 Å². The zero-order chi connectivity index (χ0) is 9.84. The topological polar surface area (TPSA) is 23.5 Å². The van der Waals surface area contributed by atoms with Crippen molar-refractivity contribution in [2.75, 3.05) is 19.6 Å². The van der Waals surface area contributed by atoms with Gasteiger partial charge in [-0.25, -0.2) is 0 Å². The summed E-state index contributed by atoms with van der Waals surface area (Å²) in [6, 6.07) is 0. The molecule has 0 aromatic rings. The Balaban J connectivity index is 2.38. The van der Waals surface area contributed by atoms with E-state index in [1.54, 1.807) is 0 Å². The molecule has 3 unspecified atom stereocenters. The lowest BCUT2D eigenvalue weighted by Gasteiger charge is -2.23. The van der Waals surface area contributed by atoms with Crippen LogP contribution in [0.15, 0.2) is 0 Å². The molecule has 0 radical (unpaired) electrons. The van der Waals surface area contributed by atoms with Gasteiger partial charge in [0.15, 0.2) is 0 Å². The van der Waals surface area contributed by atoms with E-state index in [1.165, 1.54) is 12.8 Å². The second kappa shape index (κ2) is 4.97. The third-order valence-corrected chi connectivity index (χ3v) is 2.84. The first-order valence-corrected chi connectivity index (χ1v) is 5.48. The van der Waals surface area contributed by atoms with Gasteiger partial charge in [-0.2, -0.15) is 0 Å². The van der Waals surface area contributed by atoms with Gasteiger partial charge < -0.3 is 10.0 Å². The molecule has 2 nitrogen and oxygen atoms in total. The third kappa shape index (κ3) is 4.10. The molecular weight excluding hydrogens is 162 g/mol. The molecule has 1 heterocycles. The molecule has 78 valence electrons. The summed E-state index contributed by atoms with van der Waals surface area (Å²) < 4.78 is 0. The second-order valence-electron chi connectivity index (χ2n) is 4.84. The average Bonchev–Trinajstić information content (AvgIpc) is 2.11. The Labute approximate surface area is 81.9 Å². The molecule has 13 heavy (non-hydrogen) atoms. The smallest absolute Gasteiger partial charge is 0.0639 e. The minimum Gasteiger partial charge on any atom is -0.392 e. The zero-order valence-corrected chi connectivity index (χ0v) is 9.16. The average molecular weight is 185 g/mol. The highest BCUT2D eigenvalue weighted by atomic mass is 16.3. The van der Waals surface area contributed by atoms with E-state index in [-0.39, 0.29) is 6.10 Å². The minimum atomic E-state index is -0.180. The van der Waals surface area contributed by atoms with Crippen molar-refractivity contribution in [3.05, 3.63) is 0 Å². The van der Waals surface area contributed by atoms with E-state index in [0.29, 0.717) is 0 Å². The molecule has 2 heteroatoms. The zero-order valence-electron chi connectivity index (χ0n) is 9.16. The molecule has 0 spiro atoms. The Morgan fingerprint density at radius 1 is 1.38 bits per heavy atom. The van der Waals surface area contributed by atoms with Gasteiger partial charge in [0.25, 0.3) is 0 Å². The molecule has 1 aliphatic rings. The van der Waals surface area contributed by atoms with Gasteiger partial charge in [0.05, 0.1) is 6.10 Å². The normalized spacial score (nSPS) is 34.2. The number of nitrogens with zero attached hydrogens (tertiary/aromatic N) is 1. The number of hydrogen-bond acceptors (Lipinski definition) is 2. The van der Waals surface area contributed by atoms with Crippen molar-refractivity contribution in [3.8, 4) is 0 Å². The molecular formula is C11H23NO. The van der Waals surface area contributed by atoms with Crippen LogP contribution in [0.5, 0.6) is 0 Å². The van der Waals surface area contributed by atoms with Crippen LogP contribution in [0.1, 0.15) is 33.6 Å². The van der Waals surface area contributed by atoms with Gasteiger partial charge in [0.2, 0.25) is 0 Å². The van der Waals surface area contributed by atoms with Gasteiger partial charge in [-0.1, -0.05) is 13.8 Å². The van der Waals surface area contributed by atoms with Crippen molar-refractivity contribution in [2.45, 2.75) is 39.7 Å². The molecule has 1 saturated heterocycles. The highest BCUT2D eigenvalue weighted by Gasteiger charge is 2.19. The van der Waals surface area contributed by atoms with Gasteiger partial charge in [-0.05, 0) is 38.1 Å². The molecule has 1 aliphatic heterocycles. The quantitative estimate of drug-likeness (QED) is 0.708. The standard InChI is InChI=1S/C11H23NO/c1-9-4-5-12(8-11(3)13)7-10(2)6-9/h9-11,13H,4-8H2,1-3H3.